The lowest BCUT2D eigenvalue weighted by Gasteiger charge is -2.22. The first kappa shape index (κ1) is 14.9. The third-order valence-electron chi connectivity index (χ3n) is 3.47. The molecule has 2 rings (SSSR count). The Hall–Kier alpha value is -1.45. The number of hydrogen-bond acceptors (Lipinski definition) is 1. The number of hydrogen-bond donors (Lipinski definition) is 1. The van der Waals surface area contributed by atoms with Crippen LogP contribution in [0.3, 0.4) is 0 Å². The van der Waals surface area contributed by atoms with Crippen LogP contribution >= 0.6 is 11.6 Å². The van der Waals surface area contributed by atoms with Gasteiger partial charge in [0.2, 0.25) is 0 Å². The largest absolute Gasteiger partial charge is 0.309 e. The molecule has 1 atom stereocenters. The van der Waals surface area contributed by atoms with Crippen LogP contribution in [0.5, 0.6) is 0 Å². The fraction of sp³-hybridized carbons (Fsp3) is 0.250. The summed E-state index contributed by atoms with van der Waals surface area (Å²) in [5.41, 5.74) is 3.71. The molecular formula is C16H16ClF2N. The highest BCUT2D eigenvalue weighted by Gasteiger charge is 2.21. The topological polar surface area (TPSA) is 12.0 Å². The van der Waals surface area contributed by atoms with Crippen LogP contribution in [-0.4, -0.2) is 7.05 Å². The molecule has 0 saturated carbocycles. The Morgan fingerprint density at radius 2 is 1.60 bits per heavy atom. The van der Waals surface area contributed by atoms with Gasteiger partial charge in [0.25, 0.3) is 0 Å². The van der Waals surface area contributed by atoms with E-state index >= 15 is 0 Å². The first-order valence-electron chi connectivity index (χ1n) is 6.33. The van der Waals surface area contributed by atoms with Crippen molar-refractivity contribution in [3.05, 3.63) is 69.2 Å². The van der Waals surface area contributed by atoms with Gasteiger partial charge >= 0.3 is 0 Å². The van der Waals surface area contributed by atoms with Gasteiger partial charge in [-0.2, -0.15) is 0 Å². The molecule has 0 amide bonds. The summed E-state index contributed by atoms with van der Waals surface area (Å²) in [6, 6.07) is 7.84. The van der Waals surface area contributed by atoms with Crippen molar-refractivity contribution in [2.75, 3.05) is 7.05 Å². The minimum absolute atomic E-state index is 0.214. The predicted octanol–water partition coefficient (Wildman–Crippen LogP) is 4.54. The lowest BCUT2D eigenvalue weighted by molar-refractivity contribution is 0.505. The van der Waals surface area contributed by atoms with E-state index < -0.39 is 11.6 Å². The normalized spacial score (nSPS) is 12.5. The van der Waals surface area contributed by atoms with Crippen LogP contribution in [0.25, 0.3) is 0 Å². The maximum atomic E-state index is 13.5. The van der Waals surface area contributed by atoms with Crippen molar-refractivity contribution >= 4 is 11.6 Å². The second kappa shape index (κ2) is 5.90. The molecule has 0 heterocycles. The monoisotopic (exact) mass is 295 g/mol. The molecule has 0 aliphatic rings. The van der Waals surface area contributed by atoms with Gasteiger partial charge in [0, 0.05) is 5.02 Å². The molecule has 1 N–H and O–H groups in total. The van der Waals surface area contributed by atoms with Crippen LogP contribution in [0, 0.1) is 25.5 Å². The zero-order chi connectivity index (χ0) is 14.9. The van der Waals surface area contributed by atoms with Crippen LogP contribution in [-0.2, 0) is 0 Å². The Morgan fingerprint density at radius 3 is 2.15 bits per heavy atom. The Kier molecular flexibility index (Phi) is 4.41. The highest BCUT2D eigenvalue weighted by Crippen LogP contribution is 2.33. The van der Waals surface area contributed by atoms with Crippen LogP contribution in [0.1, 0.15) is 28.3 Å². The van der Waals surface area contributed by atoms with E-state index in [1.54, 1.807) is 7.05 Å². The predicted molar refractivity (Wildman–Crippen MR) is 78.2 cm³/mol. The number of nitrogens with one attached hydrogen (secondary N) is 1. The van der Waals surface area contributed by atoms with E-state index in [9.17, 15) is 8.78 Å². The van der Waals surface area contributed by atoms with Crippen LogP contribution in [0.4, 0.5) is 8.78 Å². The van der Waals surface area contributed by atoms with Gasteiger partial charge in [-0.3, -0.25) is 0 Å². The molecule has 0 spiro atoms. The summed E-state index contributed by atoms with van der Waals surface area (Å²) in [4.78, 5) is 0. The molecule has 0 saturated heterocycles. The van der Waals surface area contributed by atoms with Gasteiger partial charge in [-0.05, 0) is 55.3 Å². The van der Waals surface area contributed by atoms with Crippen LogP contribution in [0.15, 0.2) is 30.3 Å². The zero-order valence-electron chi connectivity index (χ0n) is 11.6. The molecule has 0 bridgehead atoms. The van der Waals surface area contributed by atoms with Gasteiger partial charge in [0.15, 0.2) is 11.6 Å². The molecule has 0 radical (unpaired) electrons. The molecule has 1 unspecified atom stereocenters. The second-order valence-electron chi connectivity index (χ2n) is 4.82. The molecule has 1 nitrogen and oxygen atoms in total. The average Bonchev–Trinajstić information content (AvgIpc) is 2.39. The average molecular weight is 296 g/mol. The fourth-order valence-electron chi connectivity index (χ4n) is 2.50. The van der Waals surface area contributed by atoms with Crippen molar-refractivity contribution in [3.63, 3.8) is 0 Å². The van der Waals surface area contributed by atoms with E-state index in [-0.39, 0.29) is 11.1 Å². The Bertz CT molecular complexity index is 620. The third kappa shape index (κ3) is 2.69. The SMILES string of the molecule is CNC(c1cc(F)c(F)cc1Cl)c1c(C)cccc1C. The smallest absolute Gasteiger partial charge is 0.160 e. The molecule has 2 aromatic carbocycles. The highest BCUT2D eigenvalue weighted by molar-refractivity contribution is 6.31. The van der Waals surface area contributed by atoms with Gasteiger partial charge in [-0.1, -0.05) is 29.8 Å². The molecule has 0 aromatic heterocycles. The molecule has 0 aliphatic carbocycles. The second-order valence-corrected chi connectivity index (χ2v) is 5.22. The molecule has 0 aliphatic heterocycles. The number of benzene rings is 2. The summed E-state index contributed by atoms with van der Waals surface area (Å²) in [5.74, 6) is -1.83. The van der Waals surface area contributed by atoms with E-state index in [1.807, 2.05) is 32.0 Å². The Morgan fingerprint density at radius 1 is 1.05 bits per heavy atom. The summed E-state index contributed by atoms with van der Waals surface area (Å²) >= 11 is 6.08. The van der Waals surface area contributed by atoms with Gasteiger partial charge < -0.3 is 5.32 Å². The zero-order valence-corrected chi connectivity index (χ0v) is 12.4. The van der Waals surface area contributed by atoms with E-state index in [1.165, 1.54) is 0 Å². The lowest BCUT2D eigenvalue weighted by atomic mass is 9.91. The van der Waals surface area contributed by atoms with Crippen molar-refractivity contribution in [2.24, 2.45) is 0 Å². The number of halogens is 3. The molecule has 0 fully saturated rings. The van der Waals surface area contributed by atoms with Crippen molar-refractivity contribution < 1.29 is 8.78 Å². The third-order valence-corrected chi connectivity index (χ3v) is 3.80. The van der Waals surface area contributed by atoms with Crippen LogP contribution < -0.4 is 5.32 Å². The molecule has 4 heteroatoms. The van der Waals surface area contributed by atoms with E-state index in [0.717, 1.165) is 28.8 Å². The maximum absolute atomic E-state index is 13.5. The van der Waals surface area contributed by atoms with Crippen molar-refractivity contribution in [3.8, 4) is 0 Å². The summed E-state index contributed by atoms with van der Waals surface area (Å²) < 4.78 is 26.7. The summed E-state index contributed by atoms with van der Waals surface area (Å²) in [6.45, 7) is 3.97. The van der Waals surface area contributed by atoms with E-state index in [2.05, 4.69) is 5.32 Å². The first-order valence-corrected chi connectivity index (χ1v) is 6.71. The molecule has 106 valence electrons. The molecule has 20 heavy (non-hydrogen) atoms. The fourth-order valence-corrected chi connectivity index (χ4v) is 2.76. The number of aryl methyl sites for hydroxylation is 2. The van der Waals surface area contributed by atoms with Crippen molar-refractivity contribution in [1.82, 2.24) is 5.32 Å². The van der Waals surface area contributed by atoms with Gasteiger partial charge in [0.05, 0.1) is 6.04 Å². The molecular weight excluding hydrogens is 280 g/mol. The van der Waals surface area contributed by atoms with Crippen molar-refractivity contribution in [2.45, 2.75) is 19.9 Å². The summed E-state index contributed by atoms with van der Waals surface area (Å²) in [7, 11) is 1.77. The molecule has 2 aromatic rings. The van der Waals surface area contributed by atoms with E-state index in [0.29, 0.717) is 5.56 Å². The summed E-state index contributed by atoms with van der Waals surface area (Å²) in [5, 5.41) is 3.34. The highest BCUT2D eigenvalue weighted by atomic mass is 35.5. The van der Waals surface area contributed by atoms with Crippen molar-refractivity contribution in [1.29, 1.82) is 0 Å². The Labute approximate surface area is 122 Å². The van der Waals surface area contributed by atoms with Gasteiger partial charge in [0.1, 0.15) is 0 Å². The summed E-state index contributed by atoms with van der Waals surface area (Å²) in [6.07, 6.45) is 0. The first-order chi connectivity index (χ1) is 9.45. The minimum atomic E-state index is -0.935. The van der Waals surface area contributed by atoms with Gasteiger partial charge in [-0.25, -0.2) is 8.78 Å². The quantitative estimate of drug-likeness (QED) is 0.820. The maximum Gasteiger partial charge on any atom is 0.160 e. The van der Waals surface area contributed by atoms with Gasteiger partial charge in [-0.15, -0.1) is 0 Å². The number of rotatable bonds is 3. The van der Waals surface area contributed by atoms with Crippen LogP contribution in [0.2, 0.25) is 5.02 Å². The lowest BCUT2D eigenvalue weighted by Crippen LogP contribution is -2.20. The minimum Gasteiger partial charge on any atom is -0.309 e. The Balaban J connectivity index is 2.62. The van der Waals surface area contributed by atoms with E-state index in [4.69, 9.17) is 11.6 Å². The standard InChI is InChI=1S/C16H16ClF2N/c1-9-5-4-6-10(2)15(9)16(20-3)11-7-13(18)14(19)8-12(11)17/h4-8,16,20H,1-3H3.